The molecule has 6 heteroatoms. The minimum Gasteiger partial charge on any atom is -0.379 e. The highest BCUT2D eigenvalue weighted by Crippen LogP contribution is 2.28. The van der Waals surface area contributed by atoms with Gasteiger partial charge in [0.2, 0.25) is 0 Å². The number of hydrogen-bond acceptors (Lipinski definition) is 5. The fourth-order valence-corrected chi connectivity index (χ4v) is 2.45. The first-order chi connectivity index (χ1) is 9.63. The molecule has 20 heavy (non-hydrogen) atoms. The highest BCUT2D eigenvalue weighted by Gasteiger charge is 2.17. The largest absolute Gasteiger partial charge is 0.379 e. The number of aromatic nitrogens is 1. The number of benzene rings is 1. The molecule has 2 aromatic rings. The Morgan fingerprint density at radius 1 is 1.45 bits per heavy atom. The molecule has 1 aromatic carbocycles. The van der Waals surface area contributed by atoms with E-state index in [-0.39, 0.29) is 16.7 Å². The third-order valence-electron chi connectivity index (χ3n) is 3.42. The monoisotopic (exact) mass is 273 g/mol. The lowest BCUT2D eigenvalue weighted by atomic mass is 10.1. The average molecular weight is 273 g/mol. The molecule has 1 N–H and O–H groups in total. The predicted octanol–water partition coefficient (Wildman–Crippen LogP) is 2.65. The van der Waals surface area contributed by atoms with E-state index >= 15 is 0 Å². The van der Waals surface area contributed by atoms with Crippen LogP contribution >= 0.6 is 0 Å². The van der Waals surface area contributed by atoms with E-state index in [9.17, 15) is 10.1 Å². The highest BCUT2D eigenvalue weighted by molar-refractivity contribution is 5.93. The zero-order valence-corrected chi connectivity index (χ0v) is 11.1. The quantitative estimate of drug-likeness (QED) is 0.687. The Kier molecular flexibility index (Phi) is 3.23. The van der Waals surface area contributed by atoms with Crippen LogP contribution in [0.2, 0.25) is 0 Å². The van der Waals surface area contributed by atoms with Gasteiger partial charge in [0.15, 0.2) is 0 Å². The van der Waals surface area contributed by atoms with Crippen LogP contribution in [0.1, 0.15) is 12.1 Å². The molecule has 104 valence electrons. The molecule has 0 aliphatic carbocycles. The van der Waals surface area contributed by atoms with Crippen molar-refractivity contribution in [3.63, 3.8) is 0 Å². The van der Waals surface area contributed by atoms with Crippen molar-refractivity contribution < 1.29 is 9.66 Å². The molecule has 0 radical (unpaired) electrons. The fraction of sp³-hybridized carbons (Fsp3) is 0.357. The topological polar surface area (TPSA) is 77.3 Å². The lowest BCUT2D eigenvalue weighted by Gasteiger charge is -2.15. The summed E-state index contributed by atoms with van der Waals surface area (Å²) in [5.41, 5.74) is 2.60. The molecule has 0 amide bonds. The van der Waals surface area contributed by atoms with Gasteiger partial charge in [0.05, 0.1) is 23.1 Å². The SMILES string of the molecule is Cc1cc(NC2CCOC2)c2cc([N+](=O)[O-])ccc2n1. The van der Waals surface area contributed by atoms with E-state index in [4.69, 9.17) is 4.74 Å². The molecule has 0 bridgehead atoms. The first-order valence-corrected chi connectivity index (χ1v) is 6.53. The van der Waals surface area contributed by atoms with Gasteiger partial charge in [-0.15, -0.1) is 0 Å². The lowest BCUT2D eigenvalue weighted by molar-refractivity contribution is -0.384. The number of rotatable bonds is 3. The van der Waals surface area contributed by atoms with Crippen LogP contribution in [0, 0.1) is 17.0 Å². The first kappa shape index (κ1) is 12.8. The molecule has 0 saturated carbocycles. The van der Waals surface area contributed by atoms with Crippen molar-refractivity contribution in [2.24, 2.45) is 0 Å². The van der Waals surface area contributed by atoms with E-state index in [2.05, 4.69) is 10.3 Å². The second kappa shape index (κ2) is 5.05. The van der Waals surface area contributed by atoms with E-state index in [0.717, 1.165) is 35.3 Å². The van der Waals surface area contributed by atoms with Gasteiger partial charge in [0.1, 0.15) is 0 Å². The lowest BCUT2D eigenvalue weighted by Crippen LogP contribution is -2.19. The van der Waals surface area contributed by atoms with E-state index < -0.39 is 0 Å². The smallest absolute Gasteiger partial charge is 0.270 e. The van der Waals surface area contributed by atoms with Crippen molar-refractivity contribution in [2.45, 2.75) is 19.4 Å². The Balaban J connectivity index is 2.07. The Morgan fingerprint density at radius 2 is 2.30 bits per heavy atom. The van der Waals surface area contributed by atoms with Gasteiger partial charge in [-0.25, -0.2) is 0 Å². The average Bonchev–Trinajstić information content (AvgIpc) is 2.91. The molecule has 0 spiro atoms. The Labute approximate surface area is 115 Å². The molecule has 1 atom stereocenters. The van der Waals surface area contributed by atoms with Crippen LogP contribution < -0.4 is 5.32 Å². The second-order valence-electron chi connectivity index (χ2n) is 4.97. The summed E-state index contributed by atoms with van der Waals surface area (Å²) in [6, 6.07) is 6.91. The van der Waals surface area contributed by atoms with E-state index in [0.29, 0.717) is 6.61 Å². The van der Waals surface area contributed by atoms with Crippen molar-refractivity contribution in [1.82, 2.24) is 4.98 Å². The number of pyridine rings is 1. The third-order valence-corrected chi connectivity index (χ3v) is 3.42. The zero-order chi connectivity index (χ0) is 14.1. The predicted molar refractivity (Wildman–Crippen MR) is 76.0 cm³/mol. The number of aryl methyl sites for hydroxylation is 1. The van der Waals surface area contributed by atoms with Gasteiger partial charge in [-0.05, 0) is 25.5 Å². The van der Waals surface area contributed by atoms with Crippen molar-refractivity contribution in [2.75, 3.05) is 18.5 Å². The molecule has 1 aliphatic heterocycles. The Morgan fingerprint density at radius 3 is 3.00 bits per heavy atom. The van der Waals surface area contributed by atoms with E-state index in [1.54, 1.807) is 12.1 Å². The summed E-state index contributed by atoms with van der Waals surface area (Å²) in [5, 5.41) is 15.1. The van der Waals surface area contributed by atoms with Gasteiger partial charge in [-0.1, -0.05) is 0 Å². The molecule has 1 unspecified atom stereocenters. The number of nitrogens with one attached hydrogen (secondary N) is 1. The summed E-state index contributed by atoms with van der Waals surface area (Å²) in [6.07, 6.45) is 0.942. The van der Waals surface area contributed by atoms with Crippen LogP contribution in [0.25, 0.3) is 10.9 Å². The fourth-order valence-electron chi connectivity index (χ4n) is 2.45. The van der Waals surface area contributed by atoms with Gasteiger partial charge >= 0.3 is 0 Å². The Bertz CT molecular complexity index is 666. The van der Waals surface area contributed by atoms with Gasteiger partial charge < -0.3 is 10.1 Å². The van der Waals surface area contributed by atoms with Crippen LogP contribution in [0.3, 0.4) is 0 Å². The highest BCUT2D eigenvalue weighted by atomic mass is 16.6. The second-order valence-corrected chi connectivity index (χ2v) is 4.97. The maximum absolute atomic E-state index is 10.9. The number of non-ortho nitro benzene ring substituents is 1. The molecule has 3 rings (SSSR count). The first-order valence-electron chi connectivity index (χ1n) is 6.53. The molecule has 6 nitrogen and oxygen atoms in total. The standard InChI is InChI=1S/C14H15N3O3/c1-9-6-14(16-10-4-5-20-8-10)12-7-11(17(18)19)2-3-13(12)15-9/h2-3,6-7,10H,4-5,8H2,1H3,(H,15,16). The number of anilines is 1. The van der Waals surface area contributed by atoms with E-state index in [1.165, 1.54) is 6.07 Å². The molecular weight excluding hydrogens is 258 g/mol. The zero-order valence-electron chi connectivity index (χ0n) is 11.1. The number of nitrogens with zero attached hydrogens (tertiary/aromatic N) is 2. The summed E-state index contributed by atoms with van der Waals surface area (Å²) < 4.78 is 5.35. The number of nitro groups is 1. The van der Waals surface area contributed by atoms with E-state index in [1.807, 2.05) is 13.0 Å². The summed E-state index contributed by atoms with van der Waals surface area (Å²) in [5.74, 6) is 0. The molecule has 1 saturated heterocycles. The molecular formula is C14H15N3O3. The molecule has 1 aliphatic rings. The Hall–Kier alpha value is -2.21. The number of nitro benzene ring substituents is 1. The normalized spacial score (nSPS) is 18.4. The van der Waals surface area contributed by atoms with Gasteiger partial charge in [0.25, 0.3) is 5.69 Å². The molecule has 1 fully saturated rings. The van der Waals surface area contributed by atoms with Gasteiger partial charge in [-0.2, -0.15) is 0 Å². The van der Waals surface area contributed by atoms with Crippen LogP contribution in [0.15, 0.2) is 24.3 Å². The molecule has 1 aromatic heterocycles. The number of ether oxygens (including phenoxy) is 1. The van der Waals surface area contributed by atoms with Crippen molar-refractivity contribution in [3.05, 3.63) is 40.1 Å². The maximum atomic E-state index is 10.9. The number of fused-ring (bicyclic) bond motifs is 1. The minimum absolute atomic E-state index is 0.0777. The van der Waals surface area contributed by atoms with Gasteiger partial charge in [0, 0.05) is 35.5 Å². The third kappa shape index (κ3) is 2.42. The van der Waals surface area contributed by atoms with Crippen LogP contribution in [0.5, 0.6) is 0 Å². The summed E-state index contributed by atoms with van der Waals surface area (Å²) in [4.78, 5) is 14.9. The minimum atomic E-state index is -0.387. The summed E-state index contributed by atoms with van der Waals surface area (Å²) in [6.45, 7) is 3.33. The van der Waals surface area contributed by atoms with Crippen LogP contribution in [-0.2, 0) is 4.74 Å². The number of hydrogen-bond donors (Lipinski definition) is 1. The summed E-state index contributed by atoms with van der Waals surface area (Å²) >= 11 is 0. The van der Waals surface area contributed by atoms with Crippen molar-refractivity contribution >= 4 is 22.3 Å². The van der Waals surface area contributed by atoms with Crippen LogP contribution in [-0.4, -0.2) is 29.2 Å². The maximum Gasteiger partial charge on any atom is 0.270 e. The summed E-state index contributed by atoms with van der Waals surface area (Å²) in [7, 11) is 0. The molecule has 2 heterocycles. The van der Waals surface area contributed by atoms with Gasteiger partial charge in [-0.3, -0.25) is 15.1 Å². The van der Waals surface area contributed by atoms with Crippen LogP contribution in [0.4, 0.5) is 11.4 Å². The van der Waals surface area contributed by atoms with Crippen molar-refractivity contribution in [3.8, 4) is 0 Å². The van der Waals surface area contributed by atoms with Crippen molar-refractivity contribution in [1.29, 1.82) is 0 Å².